The molecule has 0 saturated carbocycles. The van der Waals surface area contributed by atoms with Gasteiger partial charge in [-0.25, -0.2) is 0 Å². The second-order valence-corrected chi connectivity index (χ2v) is 4.75. The van der Waals surface area contributed by atoms with Gasteiger partial charge >= 0.3 is 0 Å². The number of hydrogen-bond donors (Lipinski definition) is 0. The Morgan fingerprint density at radius 3 is 2.00 bits per heavy atom. The summed E-state index contributed by atoms with van der Waals surface area (Å²) in [5, 5.41) is 0. The molecule has 2 heteroatoms. The summed E-state index contributed by atoms with van der Waals surface area (Å²) in [7, 11) is 0. The van der Waals surface area contributed by atoms with Crippen molar-refractivity contribution in [3.05, 3.63) is 0 Å². The Hall–Kier alpha value is -0.0800. The molecular formula is C11H23NO. The van der Waals surface area contributed by atoms with Crippen LogP contribution >= 0.6 is 0 Å². The third kappa shape index (κ3) is 2.96. The van der Waals surface area contributed by atoms with Crippen molar-refractivity contribution in [2.45, 2.75) is 52.9 Å². The van der Waals surface area contributed by atoms with Gasteiger partial charge in [-0.3, -0.25) is 4.90 Å². The number of rotatable bonds is 4. The van der Waals surface area contributed by atoms with Gasteiger partial charge in [0.1, 0.15) is 0 Å². The third-order valence-corrected chi connectivity index (χ3v) is 2.95. The molecule has 1 atom stereocenters. The molecule has 1 aliphatic rings. The highest BCUT2D eigenvalue weighted by molar-refractivity contribution is 4.83. The van der Waals surface area contributed by atoms with E-state index in [9.17, 15) is 0 Å². The van der Waals surface area contributed by atoms with E-state index in [2.05, 4.69) is 39.5 Å². The van der Waals surface area contributed by atoms with Crippen LogP contribution in [0.25, 0.3) is 0 Å². The maximum absolute atomic E-state index is 5.89. The minimum absolute atomic E-state index is 0.402. The van der Waals surface area contributed by atoms with Crippen molar-refractivity contribution < 1.29 is 4.74 Å². The van der Waals surface area contributed by atoms with Gasteiger partial charge in [0.25, 0.3) is 0 Å². The molecule has 0 spiro atoms. The Morgan fingerprint density at radius 2 is 1.62 bits per heavy atom. The average molecular weight is 185 g/mol. The zero-order valence-corrected chi connectivity index (χ0v) is 9.58. The van der Waals surface area contributed by atoms with Gasteiger partial charge < -0.3 is 4.74 Å². The Labute approximate surface area is 82.3 Å². The summed E-state index contributed by atoms with van der Waals surface area (Å²) in [5.74, 6) is 0.632. The Morgan fingerprint density at radius 1 is 1.08 bits per heavy atom. The number of hydrogen-bond acceptors (Lipinski definition) is 2. The molecule has 1 aliphatic heterocycles. The molecule has 1 fully saturated rings. The maximum atomic E-state index is 5.89. The van der Waals surface area contributed by atoms with E-state index in [0.717, 1.165) is 13.1 Å². The molecule has 1 heterocycles. The van der Waals surface area contributed by atoms with Crippen LogP contribution in [0.2, 0.25) is 0 Å². The van der Waals surface area contributed by atoms with Crippen LogP contribution in [0.4, 0.5) is 0 Å². The first-order chi connectivity index (χ1) is 6.00. The zero-order valence-electron chi connectivity index (χ0n) is 9.58. The second kappa shape index (κ2) is 4.43. The van der Waals surface area contributed by atoms with Gasteiger partial charge in [0.05, 0.1) is 12.2 Å². The third-order valence-electron chi connectivity index (χ3n) is 2.95. The van der Waals surface area contributed by atoms with Crippen molar-refractivity contribution in [1.29, 1.82) is 0 Å². The zero-order chi connectivity index (χ0) is 10.0. The second-order valence-electron chi connectivity index (χ2n) is 4.75. The van der Waals surface area contributed by atoms with E-state index in [0.29, 0.717) is 24.2 Å². The van der Waals surface area contributed by atoms with Crippen molar-refractivity contribution in [2.24, 2.45) is 5.92 Å². The standard InChI is InChI=1S/C11H23NO/c1-8(2)10(5)13-11-6-12(7-11)9(3)4/h8-11H,6-7H2,1-5H3. The van der Waals surface area contributed by atoms with E-state index < -0.39 is 0 Å². The lowest BCUT2D eigenvalue weighted by Crippen LogP contribution is -2.56. The first kappa shape index (κ1) is 11.0. The van der Waals surface area contributed by atoms with Crippen LogP contribution in [-0.2, 0) is 4.74 Å². The number of ether oxygens (including phenoxy) is 1. The quantitative estimate of drug-likeness (QED) is 0.665. The van der Waals surface area contributed by atoms with Crippen molar-refractivity contribution in [3.8, 4) is 0 Å². The molecule has 13 heavy (non-hydrogen) atoms. The van der Waals surface area contributed by atoms with E-state index in [1.54, 1.807) is 0 Å². The van der Waals surface area contributed by atoms with Crippen LogP contribution in [-0.4, -0.2) is 36.2 Å². The van der Waals surface area contributed by atoms with Gasteiger partial charge in [-0.15, -0.1) is 0 Å². The average Bonchev–Trinajstić information content (AvgIpc) is 1.94. The molecule has 1 saturated heterocycles. The molecule has 2 nitrogen and oxygen atoms in total. The molecule has 0 aromatic heterocycles. The monoisotopic (exact) mass is 185 g/mol. The van der Waals surface area contributed by atoms with E-state index in [4.69, 9.17) is 4.74 Å². The summed E-state index contributed by atoms with van der Waals surface area (Å²) in [4.78, 5) is 2.44. The predicted octanol–water partition coefficient (Wildman–Crippen LogP) is 2.14. The molecule has 1 rings (SSSR count). The van der Waals surface area contributed by atoms with E-state index >= 15 is 0 Å². The molecular weight excluding hydrogens is 162 g/mol. The van der Waals surface area contributed by atoms with Crippen LogP contribution in [0.1, 0.15) is 34.6 Å². The molecule has 0 radical (unpaired) electrons. The van der Waals surface area contributed by atoms with Crippen LogP contribution in [0.5, 0.6) is 0 Å². The van der Waals surface area contributed by atoms with Gasteiger partial charge in [0, 0.05) is 19.1 Å². The van der Waals surface area contributed by atoms with Crippen molar-refractivity contribution in [2.75, 3.05) is 13.1 Å². The van der Waals surface area contributed by atoms with Crippen molar-refractivity contribution >= 4 is 0 Å². The smallest absolute Gasteiger partial charge is 0.0832 e. The van der Waals surface area contributed by atoms with E-state index in [-0.39, 0.29) is 0 Å². The predicted molar refractivity (Wildman–Crippen MR) is 55.9 cm³/mol. The number of likely N-dealkylation sites (tertiary alicyclic amines) is 1. The molecule has 0 aromatic carbocycles. The van der Waals surface area contributed by atoms with Crippen LogP contribution in [0.15, 0.2) is 0 Å². The number of nitrogens with zero attached hydrogens (tertiary/aromatic N) is 1. The fraction of sp³-hybridized carbons (Fsp3) is 1.00. The highest BCUT2D eigenvalue weighted by Crippen LogP contribution is 2.18. The van der Waals surface area contributed by atoms with Crippen LogP contribution < -0.4 is 0 Å². The highest BCUT2D eigenvalue weighted by Gasteiger charge is 2.30. The SMILES string of the molecule is CC(C)C(C)OC1CN(C(C)C)C1. The summed E-state index contributed by atoms with van der Waals surface area (Å²) in [6.45, 7) is 13.3. The summed E-state index contributed by atoms with van der Waals surface area (Å²) >= 11 is 0. The first-order valence-corrected chi connectivity index (χ1v) is 5.40. The minimum atomic E-state index is 0.402. The van der Waals surface area contributed by atoms with Crippen LogP contribution in [0, 0.1) is 5.92 Å². The fourth-order valence-electron chi connectivity index (χ4n) is 1.44. The van der Waals surface area contributed by atoms with Crippen molar-refractivity contribution in [3.63, 3.8) is 0 Å². The molecule has 78 valence electrons. The van der Waals surface area contributed by atoms with E-state index in [1.807, 2.05) is 0 Å². The first-order valence-electron chi connectivity index (χ1n) is 5.40. The highest BCUT2D eigenvalue weighted by atomic mass is 16.5. The largest absolute Gasteiger partial charge is 0.372 e. The molecule has 0 aromatic rings. The molecule has 0 amide bonds. The Balaban J connectivity index is 2.14. The summed E-state index contributed by atoms with van der Waals surface area (Å²) in [5.41, 5.74) is 0. The maximum Gasteiger partial charge on any atom is 0.0832 e. The summed E-state index contributed by atoms with van der Waals surface area (Å²) in [6.07, 6.45) is 0.888. The summed E-state index contributed by atoms with van der Waals surface area (Å²) < 4.78 is 5.89. The van der Waals surface area contributed by atoms with E-state index in [1.165, 1.54) is 0 Å². The van der Waals surface area contributed by atoms with Gasteiger partial charge in [0.15, 0.2) is 0 Å². The molecule has 0 bridgehead atoms. The lowest BCUT2D eigenvalue weighted by molar-refractivity contribution is -0.107. The molecule has 0 aliphatic carbocycles. The van der Waals surface area contributed by atoms with Crippen LogP contribution in [0.3, 0.4) is 0 Å². The van der Waals surface area contributed by atoms with Gasteiger partial charge in [-0.1, -0.05) is 13.8 Å². The Kier molecular flexibility index (Phi) is 3.74. The van der Waals surface area contributed by atoms with Crippen molar-refractivity contribution in [1.82, 2.24) is 4.90 Å². The van der Waals surface area contributed by atoms with Gasteiger partial charge in [-0.05, 0) is 26.7 Å². The topological polar surface area (TPSA) is 12.5 Å². The molecule has 1 unspecified atom stereocenters. The lowest BCUT2D eigenvalue weighted by atomic mass is 10.1. The lowest BCUT2D eigenvalue weighted by Gasteiger charge is -2.43. The molecule has 0 N–H and O–H groups in total. The minimum Gasteiger partial charge on any atom is -0.372 e. The normalized spacial score (nSPS) is 22.4. The summed E-state index contributed by atoms with van der Waals surface area (Å²) in [6, 6.07) is 0.675. The van der Waals surface area contributed by atoms with Gasteiger partial charge in [-0.2, -0.15) is 0 Å². The van der Waals surface area contributed by atoms with Gasteiger partial charge in [0.2, 0.25) is 0 Å². The Bertz CT molecular complexity index is 150. The fourth-order valence-corrected chi connectivity index (χ4v) is 1.44.